The average Bonchev–Trinajstić information content (AvgIpc) is 2.48. The molecule has 0 aliphatic heterocycles. The Bertz CT molecular complexity index is 741. The highest BCUT2D eigenvalue weighted by Crippen LogP contribution is 2.14. The molecule has 0 atom stereocenters. The van der Waals surface area contributed by atoms with E-state index in [0.717, 1.165) is 22.1 Å². The second-order valence-corrected chi connectivity index (χ2v) is 6.33. The van der Waals surface area contributed by atoms with Crippen molar-refractivity contribution in [3.05, 3.63) is 64.6 Å². The molecule has 0 aliphatic carbocycles. The van der Waals surface area contributed by atoms with Crippen molar-refractivity contribution in [3.8, 4) is 0 Å². The third-order valence-electron chi connectivity index (χ3n) is 2.96. The first-order valence-electron chi connectivity index (χ1n) is 6.38. The fourth-order valence-corrected chi connectivity index (χ4v) is 3.38. The van der Waals surface area contributed by atoms with Crippen molar-refractivity contribution in [2.75, 3.05) is 13.2 Å². The maximum atomic E-state index is 12.5. The molecule has 0 amide bonds. The lowest BCUT2D eigenvalue weighted by molar-refractivity contribution is 0.251. The molecule has 0 spiro atoms. The van der Waals surface area contributed by atoms with E-state index in [0.29, 0.717) is 0 Å². The Hall–Kier alpha value is -1.96. The number of nitrogens with zero attached hydrogens (tertiary/aromatic N) is 1. The van der Waals surface area contributed by atoms with Crippen LogP contribution in [-0.2, 0) is 16.6 Å². The Kier molecular flexibility index (Phi) is 4.89. The van der Waals surface area contributed by atoms with Crippen LogP contribution in [0.15, 0.2) is 58.5 Å². The van der Waals surface area contributed by atoms with Gasteiger partial charge in [-0.2, -0.15) is 4.31 Å². The number of rotatable bonds is 6. The molecular weight excluding hydrogens is 292 g/mol. The molecule has 0 radical (unpaired) electrons. The van der Waals surface area contributed by atoms with Crippen LogP contribution in [0, 0.1) is 0 Å². The van der Waals surface area contributed by atoms with E-state index in [2.05, 4.69) is 4.98 Å². The third kappa shape index (κ3) is 3.57. The number of aromatic nitrogens is 1. The van der Waals surface area contributed by atoms with Crippen molar-refractivity contribution in [1.82, 2.24) is 9.29 Å². The van der Waals surface area contributed by atoms with Gasteiger partial charge in [-0.15, -0.1) is 0 Å². The van der Waals surface area contributed by atoms with E-state index in [9.17, 15) is 13.2 Å². The van der Waals surface area contributed by atoms with Gasteiger partial charge in [-0.25, -0.2) is 8.42 Å². The van der Waals surface area contributed by atoms with Crippen LogP contribution in [0.25, 0.3) is 0 Å². The number of hydrogen-bond acceptors (Lipinski definition) is 4. The number of pyridine rings is 1. The largest absolute Gasteiger partial charge is 0.395 e. The Morgan fingerprint density at radius 1 is 1.14 bits per heavy atom. The summed E-state index contributed by atoms with van der Waals surface area (Å²) >= 11 is 0. The zero-order valence-electron chi connectivity index (χ0n) is 11.3. The van der Waals surface area contributed by atoms with E-state index in [1.807, 2.05) is 6.07 Å². The monoisotopic (exact) mass is 308 g/mol. The summed E-state index contributed by atoms with van der Waals surface area (Å²) in [4.78, 5) is 14.0. The molecule has 0 saturated carbocycles. The molecule has 6 nitrogen and oxygen atoms in total. The summed E-state index contributed by atoms with van der Waals surface area (Å²) in [6.07, 6.45) is 2.53. The fraction of sp³-hybridized carbons (Fsp3) is 0.214. The smallest absolute Gasteiger partial charge is 0.248 e. The minimum atomic E-state index is -3.96. The van der Waals surface area contributed by atoms with E-state index < -0.39 is 15.5 Å². The first-order chi connectivity index (χ1) is 10.1. The van der Waals surface area contributed by atoms with Gasteiger partial charge in [0.1, 0.15) is 4.90 Å². The number of aliphatic hydroxyl groups excluding tert-OH is 1. The predicted molar refractivity (Wildman–Crippen MR) is 78.2 cm³/mol. The Labute approximate surface area is 122 Å². The van der Waals surface area contributed by atoms with Crippen LogP contribution >= 0.6 is 0 Å². The number of nitrogens with one attached hydrogen (secondary N) is 1. The number of hydrogen-bond donors (Lipinski definition) is 2. The zero-order chi connectivity index (χ0) is 15.3. The Morgan fingerprint density at radius 3 is 2.48 bits per heavy atom. The number of benzene rings is 1. The van der Waals surface area contributed by atoms with Crippen molar-refractivity contribution in [2.24, 2.45) is 0 Å². The van der Waals surface area contributed by atoms with Crippen LogP contribution in [0.5, 0.6) is 0 Å². The van der Waals surface area contributed by atoms with Gasteiger partial charge in [0.15, 0.2) is 0 Å². The van der Waals surface area contributed by atoms with E-state index in [4.69, 9.17) is 5.11 Å². The lowest BCUT2D eigenvalue weighted by Crippen LogP contribution is -2.35. The molecule has 0 bridgehead atoms. The third-order valence-corrected chi connectivity index (χ3v) is 4.82. The highest BCUT2D eigenvalue weighted by atomic mass is 32.2. The molecule has 0 saturated heterocycles. The topological polar surface area (TPSA) is 90.5 Å². The molecule has 0 unspecified atom stereocenters. The first kappa shape index (κ1) is 15.4. The van der Waals surface area contributed by atoms with Crippen molar-refractivity contribution >= 4 is 10.0 Å². The minimum Gasteiger partial charge on any atom is -0.395 e. The highest BCUT2D eigenvalue weighted by molar-refractivity contribution is 7.89. The average molecular weight is 308 g/mol. The zero-order valence-corrected chi connectivity index (χ0v) is 12.1. The molecule has 2 aromatic rings. The van der Waals surface area contributed by atoms with Crippen LogP contribution < -0.4 is 5.43 Å². The van der Waals surface area contributed by atoms with Crippen LogP contribution in [0.4, 0.5) is 0 Å². The molecule has 1 aromatic heterocycles. The summed E-state index contributed by atoms with van der Waals surface area (Å²) in [5, 5.41) is 9.10. The van der Waals surface area contributed by atoms with Gasteiger partial charge in [0.05, 0.1) is 6.61 Å². The number of aliphatic hydroxyl groups is 1. The molecule has 1 aromatic carbocycles. The number of sulfonamides is 1. The maximum Gasteiger partial charge on any atom is 0.248 e. The van der Waals surface area contributed by atoms with Crippen LogP contribution in [0.2, 0.25) is 0 Å². The van der Waals surface area contributed by atoms with Crippen LogP contribution in [0.3, 0.4) is 0 Å². The second kappa shape index (κ2) is 6.66. The van der Waals surface area contributed by atoms with Crippen molar-refractivity contribution < 1.29 is 13.5 Å². The standard InChI is InChI=1S/C14H16N2O4S/c17-9-8-16(11-12-4-2-1-3-5-12)21(19,20)14-10-15-7-6-13(14)18/h1-7,10,17H,8-9,11H2,(H,15,18). The van der Waals surface area contributed by atoms with Crippen molar-refractivity contribution in [2.45, 2.75) is 11.4 Å². The molecule has 7 heteroatoms. The Morgan fingerprint density at radius 2 is 1.86 bits per heavy atom. The summed E-state index contributed by atoms with van der Waals surface area (Å²) in [6, 6.07) is 10.2. The van der Waals surface area contributed by atoms with Gasteiger partial charge in [0, 0.05) is 31.5 Å². The second-order valence-electron chi connectivity index (χ2n) is 4.42. The molecule has 1 heterocycles. The van der Waals surface area contributed by atoms with Gasteiger partial charge >= 0.3 is 0 Å². The summed E-state index contributed by atoms with van der Waals surface area (Å²) in [6.45, 7) is -0.305. The molecule has 2 N–H and O–H groups in total. The lowest BCUT2D eigenvalue weighted by Gasteiger charge is -2.20. The minimum absolute atomic E-state index is 0.0778. The summed E-state index contributed by atoms with van der Waals surface area (Å²) in [5.74, 6) is 0. The molecule has 112 valence electrons. The van der Waals surface area contributed by atoms with Crippen LogP contribution in [0.1, 0.15) is 5.56 Å². The molecular formula is C14H16N2O4S. The van der Waals surface area contributed by atoms with Gasteiger partial charge in [-0.05, 0) is 5.56 Å². The highest BCUT2D eigenvalue weighted by Gasteiger charge is 2.26. The summed E-state index contributed by atoms with van der Waals surface area (Å²) in [7, 11) is -3.96. The van der Waals surface area contributed by atoms with Gasteiger partial charge in [-0.3, -0.25) is 4.79 Å². The van der Waals surface area contributed by atoms with Gasteiger partial charge < -0.3 is 10.1 Å². The number of H-pyrrole nitrogens is 1. The van der Waals surface area contributed by atoms with E-state index in [1.54, 1.807) is 24.3 Å². The van der Waals surface area contributed by atoms with Crippen molar-refractivity contribution in [1.29, 1.82) is 0 Å². The van der Waals surface area contributed by atoms with Gasteiger partial charge in [0.25, 0.3) is 0 Å². The molecule has 0 aliphatic rings. The molecule has 21 heavy (non-hydrogen) atoms. The van der Waals surface area contributed by atoms with E-state index in [1.165, 1.54) is 6.20 Å². The van der Waals surface area contributed by atoms with Gasteiger partial charge in [0.2, 0.25) is 15.5 Å². The first-order valence-corrected chi connectivity index (χ1v) is 7.82. The molecule has 2 rings (SSSR count). The Balaban J connectivity index is 2.37. The maximum absolute atomic E-state index is 12.5. The quantitative estimate of drug-likeness (QED) is 0.816. The molecule has 0 fully saturated rings. The van der Waals surface area contributed by atoms with Gasteiger partial charge in [-0.1, -0.05) is 30.3 Å². The van der Waals surface area contributed by atoms with E-state index in [-0.39, 0.29) is 24.6 Å². The fourth-order valence-electron chi connectivity index (χ4n) is 1.92. The van der Waals surface area contributed by atoms with Crippen LogP contribution in [-0.4, -0.2) is 36.0 Å². The lowest BCUT2D eigenvalue weighted by atomic mass is 10.2. The number of aromatic amines is 1. The summed E-state index contributed by atoms with van der Waals surface area (Å²) < 4.78 is 26.2. The van der Waals surface area contributed by atoms with Crippen molar-refractivity contribution in [3.63, 3.8) is 0 Å². The van der Waals surface area contributed by atoms with E-state index >= 15 is 0 Å². The normalized spacial score (nSPS) is 11.7. The summed E-state index contributed by atoms with van der Waals surface area (Å²) in [5.41, 5.74) is 0.201. The SMILES string of the molecule is O=c1cc[nH]cc1S(=O)(=O)N(CCO)Cc1ccccc1. The predicted octanol–water partition coefficient (Wildman–Crippen LogP) is 0.558.